The Labute approximate surface area is 120 Å². The number of hydrogen-bond acceptors (Lipinski definition) is 0. The molecule has 0 atom stereocenters. The maximum atomic E-state index is 3.91. The number of rotatable bonds is 2. The van der Waals surface area contributed by atoms with Crippen molar-refractivity contribution in [2.24, 2.45) is 0 Å². The third kappa shape index (κ3) is 49.4. The van der Waals surface area contributed by atoms with E-state index in [0.717, 1.165) is 14.4 Å². The van der Waals surface area contributed by atoms with Crippen LogP contribution < -0.4 is 0 Å². The second-order valence-corrected chi connectivity index (χ2v) is 42.8. The van der Waals surface area contributed by atoms with E-state index in [1.54, 1.807) is 0 Å². The van der Waals surface area contributed by atoms with E-state index in [2.05, 4.69) is 65.5 Å². The Morgan fingerprint density at radius 2 is 0.800 bits per heavy atom. The van der Waals surface area contributed by atoms with Gasteiger partial charge in [-0.05, 0) is 0 Å². The van der Waals surface area contributed by atoms with Gasteiger partial charge in [0.15, 0.2) is 0 Å². The largest absolute Gasteiger partial charge is 0.342 e. The topological polar surface area (TPSA) is 0 Å². The van der Waals surface area contributed by atoms with Gasteiger partial charge in [0.1, 0.15) is 0 Å². The van der Waals surface area contributed by atoms with E-state index in [1.165, 1.54) is 0 Å². The second-order valence-electron chi connectivity index (χ2n) is 7.01. The first-order valence-electron chi connectivity index (χ1n) is 5.30. The predicted molar refractivity (Wildman–Crippen MR) is 81.1 cm³/mol. The quantitative estimate of drug-likeness (QED) is 0.506. The van der Waals surface area contributed by atoms with Crippen LogP contribution in [0.15, 0.2) is 0 Å². The van der Waals surface area contributed by atoms with Gasteiger partial charge in [-0.2, -0.15) is 0 Å². The smallest absolute Gasteiger partial charge is 0 e. The van der Waals surface area contributed by atoms with Crippen molar-refractivity contribution in [1.29, 1.82) is 0 Å². The van der Waals surface area contributed by atoms with Crippen LogP contribution in [0.25, 0.3) is 0 Å². The average molecular weight is 374 g/mol. The fraction of sp³-hybridized carbons (Fsp3) is 0.900. The first kappa shape index (κ1) is 22.1. The molecule has 0 spiro atoms. The molecular weight excluding hydrogens is 345 g/mol. The van der Waals surface area contributed by atoms with Crippen LogP contribution >= 0.6 is 0 Å². The minimum absolute atomic E-state index is 0. The van der Waals surface area contributed by atoms with Gasteiger partial charge in [-0.15, -0.1) is 8.07 Å². The van der Waals surface area contributed by atoms with Crippen molar-refractivity contribution in [1.82, 2.24) is 0 Å². The van der Waals surface area contributed by atoms with Crippen LogP contribution in [0.3, 0.4) is 0 Å². The molecule has 1 radical (unpaired) electrons. The Morgan fingerprint density at radius 1 is 0.667 bits per heavy atom. The van der Waals surface area contributed by atoms with Crippen molar-refractivity contribution in [3.05, 3.63) is 6.55 Å². The average Bonchev–Trinajstić information content (AvgIpc) is 1.42. The molecule has 0 N–H and O–H groups in total. The molecule has 0 amide bonds. The standard InChI is InChI=1S/C6H18AsSi2.C4H11Si.Zn/c1-8(2,3)7-9(4,5)6;1-5(2,3)4;/h1-6H3;1H2,2-4H3;/q;-1;. The van der Waals surface area contributed by atoms with Gasteiger partial charge in [0.2, 0.25) is 0 Å². The molecule has 15 heavy (non-hydrogen) atoms. The van der Waals surface area contributed by atoms with E-state index in [1.807, 2.05) is 0 Å². The zero-order valence-corrected chi connectivity index (χ0v) is 20.2. The fourth-order valence-electron chi connectivity index (χ4n) is 1.01. The summed E-state index contributed by atoms with van der Waals surface area (Å²) >= 11 is 0.757. The van der Waals surface area contributed by atoms with Crippen LogP contribution in [0.4, 0.5) is 0 Å². The zero-order chi connectivity index (χ0) is 12.2. The van der Waals surface area contributed by atoms with Crippen LogP contribution in [0.1, 0.15) is 0 Å². The fourth-order valence-corrected chi connectivity index (χ4v) is 47.1. The van der Waals surface area contributed by atoms with Crippen LogP contribution in [0, 0.1) is 6.55 Å². The molecule has 0 saturated carbocycles. The molecule has 0 heterocycles. The summed E-state index contributed by atoms with van der Waals surface area (Å²) in [5, 5.41) is 0. The molecule has 0 aliphatic heterocycles. The first-order valence-corrected chi connectivity index (χ1v) is 21.5. The van der Waals surface area contributed by atoms with Gasteiger partial charge in [0.05, 0.1) is 0 Å². The van der Waals surface area contributed by atoms with Gasteiger partial charge in [-0.3, -0.25) is 0 Å². The normalized spacial score (nSPS) is 12.4. The van der Waals surface area contributed by atoms with Gasteiger partial charge in [0, 0.05) is 19.5 Å². The third-order valence-corrected chi connectivity index (χ3v) is 31.4. The molecular formula is C10H29AsSi3Zn-. The molecule has 0 unspecified atom stereocenters. The molecule has 0 saturated heterocycles. The monoisotopic (exact) mass is 372 g/mol. The molecule has 0 fully saturated rings. The number of hydrogen-bond donors (Lipinski definition) is 0. The minimum Gasteiger partial charge on any atom is -0.342 e. The third-order valence-electron chi connectivity index (χ3n) is 0.671. The Morgan fingerprint density at radius 3 is 0.800 bits per heavy atom. The molecule has 0 nitrogen and oxygen atoms in total. The Balaban J connectivity index is -0.000000208. The summed E-state index contributed by atoms with van der Waals surface area (Å²) < 4.78 is 0. The molecule has 0 aromatic rings. The van der Waals surface area contributed by atoms with Crippen molar-refractivity contribution in [3.63, 3.8) is 0 Å². The summed E-state index contributed by atoms with van der Waals surface area (Å²) in [5.41, 5.74) is 0. The van der Waals surface area contributed by atoms with Crippen molar-refractivity contribution < 1.29 is 19.5 Å². The summed E-state index contributed by atoms with van der Waals surface area (Å²) in [5.74, 6) is 0. The molecule has 0 aliphatic carbocycles. The summed E-state index contributed by atoms with van der Waals surface area (Å²) in [4.78, 5) is 0. The van der Waals surface area contributed by atoms with Crippen molar-refractivity contribution in [2.75, 3.05) is 0 Å². The van der Waals surface area contributed by atoms with Crippen molar-refractivity contribution in [3.8, 4) is 0 Å². The van der Waals surface area contributed by atoms with Gasteiger partial charge in [-0.25, -0.2) is 0 Å². The van der Waals surface area contributed by atoms with Gasteiger partial charge >= 0.3 is 66.8 Å². The predicted octanol–water partition coefficient (Wildman–Crippen LogP) is 4.06. The van der Waals surface area contributed by atoms with Gasteiger partial charge in [-0.1, -0.05) is 19.6 Å². The van der Waals surface area contributed by atoms with E-state index in [0.29, 0.717) is 0 Å². The maximum absolute atomic E-state index is 3.91. The Bertz CT molecular complexity index is 136. The van der Waals surface area contributed by atoms with Crippen LogP contribution in [0.5, 0.6) is 0 Å². The molecule has 0 aliphatic rings. The minimum atomic E-state index is -0.861. The summed E-state index contributed by atoms with van der Waals surface area (Å²) in [6.07, 6.45) is 0. The zero-order valence-electron chi connectivity index (χ0n) is 12.4. The van der Waals surface area contributed by atoms with Crippen LogP contribution in [-0.4, -0.2) is 35.6 Å². The van der Waals surface area contributed by atoms with Crippen LogP contribution in [-0.2, 0) is 19.5 Å². The summed E-state index contributed by atoms with van der Waals surface area (Å²) in [6, 6.07) is 0. The molecule has 0 bridgehead atoms. The Hall–Kier alpha value is 1.83. The molecule has 0 rings (SSSR count). The van der Waals surface area contributed by atoms with E-state index < -0.39 is 21.2 Å². The van der Waals surface area contributed by atoms with E-state index >= 15 is 0 Å². The van der Waals surface area contributed by atoms with Crippen molar-refractivity contribution in [2.45, 2.75) is 58.9 Å². The SMILES string of the molecule is C[Si](C)(C)[As][Si](C)(C)C.[CH2-][Si](C)(C)C.[Zn]. The first-order chi connectivity index (χ1) is 5.71. The molecule has 5 heteroatoms. The maximum Gasteiger partial charge on any atom is 0 e. The van der Waals surface area contributed by atoms with E-state index in [4.69, 9.17) is 0 Å². The summed E-state index contributed by atoms with van der Waals surface area (Å²) in [6.45, 7) is 24.3. The van der Waals surface area contributed by atoms with Crippen LogP contribution in [0.2, 0.25) is 58.9 Å². The van der Waals surface area contributed by atoms with E-state index in [9.17, 15) is 0 Å². The molecule has 0 aromatic carbocycles. The van der Waals surface area contributed by atoms with E-state index in [-0.39, 0.29) is 19.5 Å². The van der Waals surface area contributed by atoms with Crippen molar-refractivity contribution >= 4 is 35.6 Å². The Kier molecular flexibility index (Phi) is 11.8. The van der Waals surface area contributed by atoms with Gasteiger partial charge in [0.25, 0.3) is 0 Å². The second kappa shape index (κ2) is 8.03. The summed E-state index contributed by atoms with van der Waals surface area (Å²) in [7, 11) is -0.861. The molecule has 89 valence electrons. The van der Waals surface area contributed by atoms with Gasteiger partial charge < -0.3 is 6.55 Å². The molecule has 0 aromatic heterocycles.